The molecule has 0 aliphatic rings. The third-order valence-corrected chi connectivity index (χ3v) is 3.02. The second kappa shape index (κ2) is 9.47. The van der Waals surface area contributed by atoms with Gasteiger partial charge < -0.3 is 4.98 Å². The lowest BCUT2D eigenvalue weighted by Crippen LogP contribution is -1.79. The molecule has 0 radical (unpaired) electrons. The molecule has 0 amide bonds. The minimum atomic E-state index is 0. The summed E-state index contributed by atoms with van der Waals surface area (Å²) < 4.78 is 0. The topological polar surface area (TPSA) is 15.8 Å². The van der Waals surface area contributed by atoms with Crippen molar-refractivity contribution in [3.8, 4) is 11.8 Å². The van der Waals surface area contributed by atoms with E-state index in [-0.39, 0.29) is 1.43 Å². The number of benzene rings is 1. The molecule has 0 saturated heterocycles. The van der Waals surface area contributed by atoms with Crippen LogP contribution in [-0.4, -0.2) is 4.98 Å². The van der Waals surface area contributed by atoms with Crippen molar-refractivity contribution in [2.45, 2.75) is 34.6 Å². The van der Waals surface area contributed by atoms with Gasteiger partial charge in [0.1, 0.15) is 0 Å². The summed E-state index contributed by atoms with van der Waals surface area (Å²) in [5.41, 5.74) is 5.62. The Hall–Kier alpha value is -2.46. The van der Waals surface area contributed by atoms with Crippen LogP contribution in [0.15, 0.2) is 54.3 Å². The zero-order valence-corrected chi connectivity index (χ0v) is 14.2. The maximum absolute atomic E-state index is 3.24. The fourth-order valence-electron chi connectivity index (χ4n) is 1.96. The standard InChI is InChI=1S/C19H19N.C2H6.H2/c1-4-6-17(14-19-11-12-20-16(19)3)9-10-18-8-5-7-15(2)13-18;1-2;/h4-8,11-14,20H,1-3H3;1-2H3;1H/b6-4+,17-14+;;. The Bertz CT molecular complexity index is 709. The van der Waals surface area contributed by atoms with Crippen LogP contribution in [0.5, 0.6) is 0 Å². The van der Waals surface area contributed by atoms with Crippen molar-refractivity contribution in [3.05, 3.63) is 76.6 Å². The fourth-order valence-corrected chi connectivity index (χ4v) is 1.96. The predicted molar refractivity (Wildman–Crippen MR) is 99.8 cm³/mol. The molecule has 1 aromatic carbocycles. The number of hydrogen-bond donors (Lipinski definition) is 1. The van der Waals surface area contributed by atoms with Crippen molar-refractivity contribution in [1.82, 2.24) is 4.98 Å². The van der Waals surface area contributed by atoms with Gasteiger partial charge in [-0.1, -0.05) is 50.0 Å². The van der Waals surface area contributed by atoms with Gasteiger partial charge in [-0.2, -0.15) is 0 Å². The highest BCUT2D eigenvalue weighted by Gasteiger charge is 1.96. The SMILES string of the molecule is C/C=C/C(C#Cc1cccc(C)c1)=C\c1cc[nH]c1C.CC.[HH]. The van der Waals surface area contributed by atoms with Crippen LogP contribution in [0.2, 0.25) is 0 Å². The third kappa shape index (κ3) is 5.50. The summed E-state index contributed by atoms with van der Waals surface area (Å²) in [6.45, 7) is 10.1. The van der Waals surface area contributed by atoms with Gasteiger partial charge >= 0.3 is 0 Å². The van der Waals surface area contributed by atoms with Gasteiger partial charge in [-0.3, -0.25) is 0 Å². The van der Waals surface area contributed by atoms with Gasteiger partial charge in [-0.25, -0.2) is 0 Å². The van der Waals surface area contributed by atoms with Crippen LogP contribution in [0.1, 0.15) is 44.6 Å². The maximum Gasteiger partial charge on any atom is 0.0252 e. The average Bonchev–Trinajstić information content (AvgIpc) is 2.92. The smallest absolute Gasteiger partial charge is 0.0252 e. The first kappa shape index (κ1) is 17.6. The zero-order chi connectivity index (χ0) is 16.4. The Morgan fingerprint density at radius 2 is 1.95 bits per heavy atom. The van der Waals surface area contributed by atoms with Crippen molar-refractivity contribution >= 4 is 6.08 Å². The lowest BCUT2D eigenvalue weighted by molar-refractivity contribution is 1.26. The summed E-state index contributed by atoms with van der Waals surface area (Å²) in [7, 11) is 0. The van der Waals surface area contributed by atoms with E-state index in [0.29, 0.717) is 0 Å². The molecule has 0 fully saturated rings. The molecule has 1 heteroatoms. The zero-order valence-electron chi connectivity index (χ0n) is 14.2. The van der Waals surface area contributed by atoms with Gasteiger partial charge in [0.25, 0.3) is 0 Å². The fraction of sp³-hybridized carbons (Fsp3) is 0.238. The Kier molecular flexibility index (Phi) is 7.57. The van der Waals surface area contributed by atoms with Crippen molar-refractivity contribution in [2.24, 2.45) is 0 Å². The molecule has 2 aromatic rings. The van der Waals surface area contributed by atoms with Crippen molar-refractivity contribution in [2.75, 3.05) is 0 Å². The Morgan fingerprint density at radius 1 is 1.18 bits per heavy atom. The number of nitrogens with one attached hydrogen (secondary N) is 1. The van der Waals surface area contributed by atoms with Crippen LogP contribution in [-0.2, 0) is 0 Å². The first-order valence-corrected chi connectivity index (χ1v) is 7.76. The normalized spacial score (nSPS) is 10.7. The summed E-state index contributed by atoms with van der Waals surface area (Å²) in [6, 6.07) is 10.3. The Balaban J connectivity index is 0.00000155. The summed E-state index contributed by atoms with van der Waals surface area (Å²) in [4.78, 5) is 3.18. The summed E-state index contributed by atoms with van der Waals surface area (Å²) in [5.74, 6) is 6.46. The molecule has 2 rings (SSSR count). The van der Waals surface area contributed by atoms with E-state index in [9.17, 15) is 0 Å². The van der Waals surface area contributed by atoms with Crippen molar-refractivity contribution in [1.29, 1.82) is 0 Å². The molecule has 0 aliphatic heterocycles. The molecule has 0 aliphatic carbocycles. The third-order valence-electron chi connectivity index (χ3n) is 3.02. The number of rotatable bonds is 2. The molecule has 1 nitrogen and oxygen atoms in total. The predicted octanol–water partition coefficient (Wildman–Crippen LogP) is 5.91. The summed E-state index contributed by atoms with van der Waals surface area (Å²) >= 11 is 0. The van der Waals surface area contributed by atoms with E-state index in [0.717, 1.165) is 16.8 Å². The summed E-state index contributed by atoms with van der Waals surface area (Å²) in [6.07, 6.45) is 8.10. The second-order valence-corrected chi connectivity index (χ2v) is 4.78. The molecule has 0 spiro atoms. The molecule has 0 atom stereocenters. The molecule has 116 valence electrons. The first-order valence-electron chi connectivity index (χ1n) is 7.76. The number of allylic oxidation sites excluding steroid dienone is 3. The van der Waals surface area contributed by atoms with Gasteiger partial charge in [0.2, 0.25) is 0 Å². The number of H-pyrrole nitrogens is 1. The highest BCUT2D eigenvalue weighted by Crippen LogP contribution is 2.11. The lowest BCUT2D eigenvalue weighted by Gasteiger charge is -1.95. The van der Waals surface area contributed by atoms with Crippen molar-refractivity contribution in [3.63, 3.8) is 0 Å². The van der Waals surface area contributed by atoms with Crippen molar-refractivity contribution < 1.29 is 1.43 Å². The van der Waals surface area contributed by atoms with E-state index in [2.05, 4.69) is 54.9 Å². The van der Waals surface area contributed by atoms with Crippen LogP contribution in [0.4, 0.5) is 0 Å². The number of aromatic amines is 1. The number of hydrogen-bond acceptors (Lipinski definition) is 0. The van der Waals surface area contributed by atoms with E-state index < -0.39 is 0 Å². The monoisotopic (exact) mass is 293 g/mol. The lowest BCUT2D eigenvalue weighted by atomic mass is 10.1. The minimum Gasteiger partial charge on any atom is -0.365 e. The molecule has 1 heterocycles. The molecule has 0 bridgehead atoms. The maximum atomic E-state index is 3.24. The summed E-state index contributed by atoms with van der Waals surface area (Å²) in [5, 5.41) is 0. The molecular formula is C21H27N. The largest absolute Gasteiger partial charge is 0.365 e. The Morgan fingerprint density at radius 3 is 2.55 bits per heavy atom. The van der Waals surface area contributed by atoms with Gasteiger partial charge in [0.05, 0.1) is 0 Å². The van der Waals surface area contributed by atoms with E-state index >= 15 is 0 Å². The number of aryl methyl sites for hydroxylation is 2. The molecule has 1 N–H and O–H groups in total. The average molecular weight is 293 g/mol. The van der Waals surface area contributed by atoms with Crippen LogP contribution >= 0.6 is 0 Å². The molecule has 0 unspecified atom stereocenters. The van der Waals surface area contributed by atoms with Crippen LogP contribution in [0, 0.1) is 25.7 Å². The van der Waals surface area contributed by atoms with Crippen LogP contribution in [0.25, 0.3) is 6.08 Å². The molecule has 0 saturated carbocycles. The minimum absolute atomic E-state index is 0. The van der Waals surface area contributed by atoms with E-state index in [1.54, 1.807) is 0 Å². The Labute approximate surface area is 136 Å². The second-order valence-electron chi connectivity index (χ2n) is 4.78. The highest BCUT2D eigenvalue weighted by atomic mass is 14.7. The van der Waals surface area contributed by atoms with E-state index in [1.807, 2.05) is 51.3 Å². The van der Waals surface area contributed by atoms with Crippen LogP contribution in [0.3, 0.4) is 0 Å². The van der Waals surface area contributed by atoms with E-state index in [1.165, 1.54) is 11.1 Å². The molecule has 22 heavy (non-hydrogen) atoms. The van der Waals surface area contributed by atoms with Gasteiger partial charge in [-0.05, 0) is 56.2 Å². The van der Waals surface area contributed by atoms with Gasteiger partial charge in [-0.15, -0.1) is 0 Å². The van der Waals surface area contributed by atoms with Gasteiger partial charge in [0, 0.05) is 24.5 Å². The molecular weight excluding hydrogens is 266 g/mol. The quantitative estimate of drug-likeness (QED) is 0.523. The van der Waals surface area contributed by atoms with Gasteiger partial charge in [0.15, 0.2) is 0 Å². The van der Waals surface area contributed by atoms with E-state index in [4.69, 9.17) is 0 Å². The molecule has 1 aromatic heterocycles. The van der Waals surface area contributed by atoms with Crippen LogP contribution < -0.4 is 0 Å². The highest BCUT2D eigenvalue weighted by molar-refractivity contribution is 5.64. The first-order chi connectivity index (χ1) is 10.7. The number of aromatic nitrogens is 1.